The van der Waals surface area contributed by atoms with E-state index in [-0.39, 0.29) is 52.5 Å². The summed E-state index contributed by atoms with van der Waals surface area (Å²) in [6, 6.07) is 2.74. The Bertz CT molecular complexity index is 1790. The quantitative estimate of drug-likeness (QED) is 0.225. The highest BCUT2D eigenvalue weighted by atomic mass is 32.1. The number of halogens is 4. The lowest BCUT2D eigenvalue weighted by atomic mass is 9.84. The fourth-order valence-corrected chi connectivity index (χ4v) is 7.83. The molecule has 3 fully saturated rings. The average Bonchev–Trinajstić information content (AvgIpc) is 3.15. The normalized spacial score (nSPS) is 25.6. The first-order valence-corrected chi connectivity index (χ1v) is 14.3. The Balaban J connectivity index is 1.34. The van der Waals surface area contributed by atoms with Gasteiger partial charge in [0.1, 0.15) is 29.5 Å². The molecule has 8 rings (SSSR count). The van der Waals surface area contributed by atoms with E-state index in [1.54, 1.807) is 0 Å². The zero-order valence-electron chi connectivity index (χ0n) is 21.6. The summed E-state index contributed by atoms with van der Waals surface area (Å²) in [6.45, 7) is -0.252. The van der Waals surface area contributed by atoms with Crippen molar-refractivity contribution in [3.05, 3.63) is 34.9 Å². The molecule has 4 heterocycles. The predicted molar refractivity (Wildman–Crippen MR) is 146 cm³/mol. The summed E-state index contributed by atoms with van der Waals surface area (Å²) < 4.78 is 65.3. The third-order valence-electron chi connectivity index (χ3n) is 9.17. The van der Waals surface area contributed by atoms with E-state index < -0.39 is 42.6 Å². The highest BCUT2D eigenvalue weighted by molar-refractivity contribution is 7.23. The number of nitrogens with two attached hydrogens (primary N) is 1. The number of ether oxygens (including phenoxy) is 1. The van der Waals surface area contributed by atoms with Crippen molar-refractivity contribution in [2.24, 2.45) is 5.41 Å². The number of rotatable bonds is 5. The van der Waals surface area contributed by atoms with Gasteiger partial charge in [0.25, 0.3) is 5.92 Å². The summed E-state index contributed by atoms with van der Waals surface area (Å²) >= 11 is 1.08. The second kappa shape index (κ2) is 8.33. The van der Waals surface area contributed by atoms with Crippen LogP contribution in [-0.2, 0) is 6.42 Å². The summed E-state index contributed by atoms with van der Waals surface area (Å²) in [5.74, 6) is -4.27. The van der Waals surface area contributed by atoms with Gasteiger partial charge in [-0.05, 0) is 30.0 Å². The van der Waals surface area contributed by atoms with Gasteiger partial charge < -0.3 is 30.9 Å². The Morgan fingerprint density at radius 3 is 2.54 bits per heavy atom. The number of hydrogen-bond acceptors (Lipinski definition) is 9. The molecule has 2 aromatic carbocycles. The van der Waals surface area contributed by atoms with Gasteiger partial charge in [-0.1, -0.05) is 6.07 Å². The number of phenols is 1. The van der Waals surface area contributed by atoms with Crippen molar-refractivity contribution in [3.8, 4) is 22.9 Å². The molecule has 2 saturated heterocycles. The molecule has 4 aliphatic rings. The number of phenolic OH excluding ortho intramolecular Hbond substituents is 1. The predicted octanol–water partition coefficient (Wildman–Crippen LogP) is 4.32. The molecule has 2 aliphatic heterocycles. The summed E-state index contributed by atoms with van der Waals surface area (Å²) in [5, 5.41) is 25.9. The number of thiophene rings is 1. The van der Waals surface area contributed by atoms with E-state index >= 15 is 4.39 Å². The second-order valence-corrected chi connectivity index (χ2v) is 12.7. The first-order chi connectivity index (χ1) is 19.6. The van der Waals surface area contributed by atoms with Crippen LogP contribution in [0.3, 0.4) is 0 Å². The molecule has 5 N–H and O–H groups in total. The number of hydrogen-bond donors (Lipinski definition) is 4. The maximum Gasteiger partial charge on any atom is 0.319 e. The van der Waals surface area contributed by atoms with E-state index in [2.05, 4.69) is 15.3 Å². The molecular formula is C28H25F4N5O3S. The number of aliphatic hydroxyl groups is 1. The van der Waals surface area contributed by atoms with Crippen LogP contribution in [0.5, 0.6) is 11.8 Å². The number of fused-ring (bicyclic) bond motifs is 5. The number of nitrogen functional groups attached to an aromatic ring is 1. The number of benzene rings is 2. The molecule has 1 saturated carbocycles. The van der Waals surface area contributed by atoms with E-state index in [4.69, 9.17) is 10.5 Å². The Morgan fingerprint density at radius 2 is 1.85 bits per heavy atom. The van der Waals surface area contributed by atoms with Gasteiger partial charge in [-0.2, -0.15) is 9.97 Å². The van der Waals surface area contributed by atoms with E-state index in [1.165, 1.54) is 12.1 Å². The standard InChI is InChI=1S/C28H25F4N5O3S/c29-16-4-3-13-17-14(5-15-18(13)23(16)41-24(15)33)22(39)19-21(20(17)30)35-26(40-10-27(9-38)8-28(27,31)32)36-25(19)37-6-11-1-2-12(7-37)34-11/h3-4,11-12,34,38-39H,1-2,5-10,33H2. The molecule has 3 unspecified atom stereocenters. The smallest absolute Gasteiger partial charge is 0.319 e. The lowest BCUT2D eigenvalue weighted by molar-refractivity contribution is 0.0126. The molecule has 2 aromatic heterocycles. The van der Waals surface area contributed by atoms with E-state index in [0.717, 1.165) is 24.2 Å². The molecule has 0 spiro atoms. The zero-order chi connectivity index (χ0) is 28.4. The van der Waals surface area contributed by atoms with Gasteiger partial charge in [-0.3, -0.25) is 0 Å². The van der Waals surface area contributed by atoms with Crippen molar-refractivity contribution in [2.75, 3.05) is 36.9 Å². The van der Waals surface area contributed by atoms with E-state index in [0.29, 0.717) is 44.9 Å². The molecule has 0 radical (unpaired) electrons. The minimum atomic E-state index is -3.09. The number of aliphatic hydroxyl groups excluding tert-OH is 1. The molecule has 4 aromatic rings. The van der Waals surface area contributed by atoms with Gasteiger partial charge in [0, 0.05) is 54.5 Å². The van der Waals surface area contributed by atoms with Crippen molar-refractivity contribution in [3.63, 3.8) is 0 Å². The van der Waals surface area contributed by atoms with Crippen LogP contribution < -0.4 is 20.7 Å². The fourth-order valence-electron chi connectivity index (χ4n) is 6.81. The topological polar surface area (TPSA) is 117 Å². The van der Waals surface area contributed by atoms with Crippen molar-refractivity contribution in [2.45, 2.75) is 43.7 Å². The Morgan fingerprint density at radius 1 is 1.12 bits per heavy atom. The lowest BCUT2D eigenvalue weighted by Crippen LogP contribution is -2.51. The Kier molecular flexibility index (Phi) is 5.14. The first-order valence-electron chi connectivity index (χ1n) is 13.5. The maximum atomic E-state index is 16.7. The van der Waals surface area contributed by atoms with Crippen molar-refractivity contribution >= 4 is 43.1 Å². The van der Waals surface area contributed by atoms with Crippen LogP contribution in [0.15, 0.2) is 12.1 Å². The van der Waals surface area contributed by atoms with Gasteiger partial charge in [-0.25, -0.2) is 17.6 Å². The van der Waals surface area contributed by atoms with Gasteiger partial charge in [-0.15, -0.1) is 11.3 Å². The summed E-state index contributed by atoms with van der Waals surface area (Å²) in [4.78, 5) is 10.7. The molecule has 8 nitrogen and oxygen atoms in total. The maximum absolute atomic E-state index is 16.7. The zero-order valence-corrected chi connectivity index (χ0v) is 22.4. The third-order valence-corrected chi connectivity index (χ3v) is 10.2. The van der Waals surface area contributed by atoms with Crippen LogP contribution in [-0.4, -0.2) is 64.5 Å². The Hall–Kier alpha value is -3.42. The number of piperazine rings is 1. The first kappa shape index (κ1) is 25.3. The highest BCUT2D eigenvalue weighted by Gasteiger charge is 2.71. The number of aromatic nitrogens is 2. The molecule has 3 atom stereocenters. The average molecular weight is 588 g/mol. The summed E-state index contributed by atoms with van der Waals surface area (Å²) in [6.07, 6.45) is 1.47. The SMILES string of the molecule is Nc1sc2c(F)ccc3c2c1Cc1c-3c(F)c2nc(OCC3(CO)CC3(F)F)nc(N3CC4CCC(C3)N4)c2c1O. The van der Waals surface area contributed by atoms with Crippen LogP contribution in [0.2, 0.25) is 0 Å². The minimum absolute atomic E-state index is 0.0850. The number of alkyl halides is 2. The van der Waals surface area contributed by atoms with Gasteiger partial charge >= 0.3 is 6.01 Å². The molecule has 2 bridgehead atoms. The van der Waals surface area contributed by atoms with Crippen LogP contribution in [0, 0.1) is 17.0 Å². The molecule has 41 heavy (non-hydrogen) atoms. The second-order valence-electron chi connectivity index (χ2n) is 11.6. The third kappa shape index (κ3) is 3.45. The number of nitrogens with one attached hydrogen (secondary N) is 1. The highest BCUT2D eigenvalue weighted by Crippen LogP contribution is 2.60. The number of aromatic hydroxyl groups is 1. The fraction of sp³-hybridized carbons (Fsp3) is 0.429. The summed E-state index contributed by atoms with van der Waals surface area (Å²) in [5.41, 5.74) is 5.68. The molecular weight excluding hydrogens is 562 g/mol. The van der Waals surface area contributed by atoms with Crippen molar-refractivity contribution in [1.82, 2.24) is 15.3 Å². The van der Waals surface area contributed by atoms with E-state index in [1.807, 2.05) is 4.90 Å². The molecule has 2 aliphatic carbocycles. The van der Waals surface area contributed by atoms with Gasteiger partial charge in [0.05, 0.1) is 27.1 Å². The largest absolute Gasteiger partial charge is 0.507 e. The number of anilines is 2. The Labute approximate surface area is 234 Å². The molecule has 13 heteroatoms. The summed E-state index contributed by atoms with van der Waals surface area (Å²) in [7, 11) is 0. The van der Waals surface area contributed by atoms with Crippen molar-refractivity contribution < 1.29 is 32.5 Å². The molecule has 0 amide bonds. The monoisotopic (exact) mass is 587 g/mol. The van der Waals surface area contributed by atoms with Crippen LogP contribution in [0.25, 0.3) is 32.1 Å². The van der Waals surface area contributed by atoms with E-state index in [9.17, 15) is 23.4 Å². The van der Waals surface area contributed by atoms with Gasteiger partial charge in [0.15, 0.2) is 5.82 Å². The minimum Gasteiger partial charge on any atom is -0.507 e. The van der Waals surface area contributed by atoms with Crippen LogP contribution in [0.4, 0.5) is 28.4 Å². The number of nitrogens with zero attached hydrogens (tertiary/aromatic N) is 3. The van der Waals surface area contributed by atoms with Crippen molar-refractivity contribution in [1.29, 1.82) is 0 Å². The molecule has 214 valence electrons. The van der Waals surface area contributed by atoms with Crippen LogP contribution >= 0.6 is 11.3 Å². The van der Waals surface area contributed by atoms with Crippen LogP contribution in [0.1, 0.15) is 30.4 Å². The lowest BCUT2D eigenvalue weighted by Gasteiger charge is -2.34. The van der Waals surface area contributed by atoms with Gasteiger partial charge in [0.2, 0.25) is 0 Å².